The van der Waals surface area contributed by atoms with Gasteiger partial charge in [-0.15, -0.1) is 11.3 Å². The molecular formula is C12H16BrIS. The first-order chi connectivity index (χ1) is 7.25. The van der Waals surface area contributed by atoms with Gasteiger partial charge in [0, 0.05) is 9.35 Å². The van der Waals surface area contributed by atoms with Crippen LogP contribution in [-0.2, 0) is 6.42 Å². The zero-order valence-corrected chi connectivity index (χ0v) is 13.3. The highest BCUT2D eigenvalue weighted by Gasteiger charge is 2.14. The molecule has 3 heteroatoms. The lowest BCUT2D eigenvalue weighted by atomic mass is 9.86. The fraction of sp³-hybridized carbons (Fsp3) is 0.667. The van der Waals surface area contributed by atoms with Gasteiger partial charge >= 0.3 is 0 Å². The van der Waals surface area contributed by atoms with Crippen molar-refractivity contribution in [3.8, 4) is 0 Å². The second-order valence-electron chi connectivity index (χ2n) is 4.36. The van der Waals surface area contributed by atoms with Crippen LogP contribution in [0.5, 0.6) is 0 Å². The molecule has 1 aromatic rings. The van der Waals surface area contributed by atoms with Gasteiger partial charge < -0.3 is 0 Å². The lowest BCUT2D eigenvalue weighted by Crippen LogP contribution is -2.06. The molecule has 1 aliphatic carbocycles. The van der Waals surface area contributed by atoms with E-state index in [2.05, 4.69) is 44.6 Å². The first kappa shape index (κ1) is 12.4. The predicted molar refractivity (Wildman–Crippen MR) is 79.6 cm³/mol. The van der Waals surface area contributed by atoms with Crippen molar-refractivity contribution in [2.75, 3.05) is 0 Å². The summed E-state index contributed by atoms with van der Waals surface area (Å²) >= 11 is 8.00. The van der Waals surface area contributed by atoms with Crippen LogP contribution in [0.25, 0.3) is 0 Å². The van der Waals surface area contributed by atoms with E-state index < -0.39 is 0 Å². The number of thiophene rings is 1. The van der Waals surface area contributed by atoms with Gasteiger partial charge in [-0.05, 0) is 63.3 Å². The van der Waals surface area contributed by atoms with Crippen LogP contribution in [-0.4, -0.2) is 0 Å². The maximum Gasteiger partial charge on any atom is 0.0667 e. The van der Waals surface area contributed by atoms with Crippen molar-refractivity contribution >= 4 is 49.9 Å². The molecule has 2 rings (SSSR count). The molecule has 0 radical (unpaired) electrons. The molecule has 1 saturated carbocycles. The number of rotatable bonds is 3. The lowest BCUT2D eigenvalue weighted by Gasteiger charge is -2.21. The molecule has 1 heterocycles. The van der Waals surface area contributed by atoms with Crippen molar-refractivity contribution < 1.29 is 0 Å². The summed E-state index contributed by atoms with van der Waals surface area (Å²) in [6.45, 7) is 0. The molecule has 0 amide bonds. The van der Waals surface area contributed by atoms with Crippen LogP contribution in [0.4, 0.5) is 0 Å². The van der Waals surface area contributed by atoms with Gasteiger partial charge in [0.1, 0.15) is 0 Å². The summed E-state index contributed by atoms with van der Waals surface area (Å²) in [7, 11) is 0. The van der Waals surface area contributed by atoms with Gasteiger partial charge in [0.2, 0.25) is 0 Å². The minimum Gasteiger partial charge on any atom is -0.133 e. The summed E-state index contributed by atoms with van der Waals surface area (Å²) in [5, 5.41) is 0. The van der Waals surface area contributed by atoms with Gasteiger partial charge in [0.25, 0.3) is 0 Å². The molecule has 0 aliphatic heterocycles. The van der Waals surface area contributed by atoms with Crippen LogP contribution in [0.15, 0.2) is 10.5 Å². The fourth-order valence-electron chi connectivity index (χ4n) is 2.36. The number of halogens is 2. The number of hydrogen-bond acceptors (Lipinski definition) is 1. The Morgan fingerprint density at radius 3 is 2.67 bits per heavy atom. The number of aryl methyl sites for hydroxylation is 1. The van der Waals surface area contributed by atoms with Gasteiger partial charge in [-0.2, -0.15) is 0 Å². The van der Waals surface area contributed by atoms with E-state index in [9.17, 15) is 0 Å². The zero-order chi connectivity index (χ0) is 10.7. The highest BCUT2D eigenvalue weighted by molar-refractivity contribution is 14.1. The third-order valence-electron chi connectivity index (χ3n) is 3.23. The summed E-state index contributed by atoms with van der Waals surface area (Å²) in [5.41, 5.74) is 0. The van der Waals surface area contributed by atoms with E-state index >= 15 is 0 Å². The molecule has 0 N–H and O–H groups in total. The predicted octanol–water partition coefficient (Wildman–Crippen LogP) is 5.63. The molecule has 1 fully saturated rings. The Hall–Kier alpha value is 0.910. The Kier molecular flexibility index (Phi) is 4.96. The first-order valence-corrected chi connectivity index (χ1v) is 8.38. The third kappa shape index (κ3) is 3.70. The average molecular weight is 399 g/mol. The Labute approximate surface area is 118 Å². The van der Waals surface area contributed by atoms with Gasteiger partial charge in [-0.1, -0.05) is 32.1 Å². The fourth-order valence-corrected chi connectivity index (χ4v) is 5.50. The van der Waals surface area contributed by atoms with E-state index in [0.29, 0.717) is 0 Å². The minimum absolute atomic E-state index is 1.01. The monoisotopic (exact) mass is 398 g/mol. The second kappa shape index (κ2) is 6.01. The SMILES string of the molecule is Brc1cc(I)sc1CCC1CCCCC1. The van der Waals surface area contributed by atoms with Crippen molar-refractivity contribution in [2.24, 2.45) is 5.92 Å². The van der Waals surface area contributed by atoms with Gasteiger partial charge in [-0.3, -0.25) is 0 Å². The maximum atomic E-state index is 3.65. The molecule has 0 saturated heterocycles. The smallest absolute Gasteiger partial charge is 0.0667 e. The molecular weight excluding hydrogens is 383 g/mol. The quantitative estimate of drug-likeness (QED) is 0.579. The summed E-state index contributed by atoms with van der Waals surface area (Å²) in [6.07, 6.45) is 10.0. The molecule has 0 nitrogen and oxygen atoms in total. The van der Waals surface area contributed by atoms with Crippen LogP contribution in [0.2, 0.25) is 0 Å². The Bertz CT molecular complexity index is 315. The molecule has 0 unspecified atom stereocenters. The molecule has 84 valence electrons. The van der Waals surface area contributed by atoms with Crippen molar-refractivity contribution in [3.63, 3.8) is 0 Å². The van der Waals surface area contributed by atoms with E-state index in [4.69, 9.17) is 0 Å². The van der Waals surface area contributed by atoms with Crippen LogP contribution in [0.3, 0.4) is 0 Å². The van der Waals surface area contributed by atoms with Crippen LogP contribution >= 0.6 is 49.9 Å². The maximum absolute atomic E-state index is 3.65. The van der Waals surface area contributed by atoms with Gasteiger partial charge in [0.05, 0.1) is 2.88 Å². The van der Waals surface area contributed by atoms with Gasteiger partial charge in [-0.25, -0.2) is 0 Å². The highest BCUT2D eigenvalue weighted by atomic mass is 127. The first-order valence-electron chi connectivity index (χ1n) is 5.69. The van der Waals surface area contributed by atoms with E-state index in [1.54, 1.807) is 4.88 Å². The normalized spacial score (nSPS) is 18.3. The second-order valence-corrected chi connectivity index (χ2v) is 8.25. The van der Waals surface area contributed by atoms with Crippen molar-refractivity contribution in [1.29, 1.82) is 0 Å². The molecule has 0 aromatic carbocycles. The molecule has 0 bridgehead atoms. The molecule has 1 aliphatic rings. The summed E-state index contributed by atoms with van der Waals surface area (Å²) in [5.74, 6) is 1.01. The molecule has 1 aromatic heterocycles. The van der Waals surface area contributed by atoms with Crippen LogP contribution in [0, 0.1) is 8.80 Å². The Morgan fingerprint density at radius 2 is 2.07 bits per heavy atom. The zero-order valence-electron chi connectivity index (χ0n) is 8.77. The molecule has 0 atom stereocenters. The van der Waals surface area contributed by atoms with Crippen molar-refractivity contribution in [3.05, 3.63) is 18.3 Å². The van der Waals surface area contributed by atoms with E-state index in [-0.39, 0.29) is 0 Å². The van der Waals surface area contributed by atoms with E-state index in [0.717, 1.165) is 5.92 Å². The summed E-state index contributed by atoms with van der Waals surface area (Å²) in [6, 6.07) is 2.24. The van der Waals surface area contributed by atoms with E-state index in [1.165, 1.54) is 52.3 Å². The van der Waals surface area contributed by atoms with Gasteiger partial charge in [0.15, 0.2) is 0 Å². The Balaban J connectivity index is 1.84. The standard InChI is InChI=1S/C12H16BrIS/c13-10-8-12(14)15-11(10)7-6-9-4-2-1-3-5-9/h8-9H,1-7H2. The topological polar surface area (TPSA) is 0 Å². The average Bonchev–Trinajstić information content (AvgIpc) is 2.56. The minimum atomic E-state index is 1.01. The highest BCUT2D eigenvalue weighted by Crippen LogP contribution is 2.33. The summed E-state index contributed by atoms with van der Waals surface area (Å²) in [4.78, 5) is 1.55. The Morgan fingerprint density at radius 1 is 1.33 bits per heavy atom. The summed E-state index contributed by atoms with van der Waals surface area (Å²) < 4.78 is 2.73. The molecule has 15 heavy (non-hydrogen) atoms. The lowest BCUT2D eigenvalue weighted by molar-refractivity contribution is 0.340. The van der Waals surface area contributed by atoms with Crippen molar-refractivity contribution in [1.82, 2.24) is 0 Å². The largest absolute Gasteiger partial charge is 0.133 e. The third-order valence-corrected chi connectivity index (χ3v) is 6.16. The number of hydrogen-bond donors (Lipinski definition) is 0. The molecule has 0 spiro atoms. The van der Waals surface area contributed by atoms with E-state index in [1.807, 2.05) is 11.3 Å². The van der Waals surface area contributed by atoms with Crippen LogP contribution in [0.1, 0.15) is 43.4 Å². The van der Waals surface area contributed by atoms with Crippen LogP contribution < -0.4 is 0 Å². The van der Waals surface area contributed by atoms with Crippen molar-refractivity contribution in [2.45, 2.75) is 44.9 Å².